The van der Waals surface area contributed by atoms with Crippen molar-refractivity contribution in [1.29, 1.82) is 0 Å². The highest BCUT2D eigenvalue weighted by molar-refractivity contribution is 6.74. The lowest BCUT2D eigenvalue weighted by atomic mass is 9.63. The largest absolute Gasteiger partial charge is 0.481 e. The number of carboxylic acid groups (broad SMARTS) is 1. The minimum absolute atomic E-state index is 0.0414. The number of carbonyl (C=O) groups is 1. The molecule has 0 heterocycles. The molecule has 0 aromatic heterocycles. The van der Waals surface area contributed by atoms with Crippen LogP contribution in [0.25, 0.3) is 0 Å². The van der Waals surface area contributed by atoms with Crippen molar-refractivity contribution in [2.24, 2.45) is 11.3 Å². The van der Waals surface area contributed by atoms with Crippen LogP contribution in [0.3, 0.4) is 0 Å². The number of aliphatic carboxylic acids is 1. The van der Waals surface area contributed by atoms with Crippen LogP contribution in [0, 0.1) is 11.3 Å². The van der Waals surface area contributed by atoms with Gasteiger partial charge in [-0.05, 0) is 50.2 Å². The fourth-order valence-corrected chi connectivity index (χ4v) is 5.02. The molecule has 0 unspecified atom stereocenters. The highest BCUT2D eigenvalue weighted by atomic mass is 28.4. The lowest BCUT2D eigenvalue weighted by molar-refractivity contribution is -0.141. The van der Waals surface area contributed by atoms with Gasteiger partial charge in [0.1, 0.15) is 0 Å². The van der Waals surface area contributed by atoms with Crippen molar-refractivity contribution in [2.45, 2.75) is 84.0 Å². The van der Waals surface area contributed by atoms with Gasteiger partial charge in [-0.25, -0.2) is 0 Å². The second kappa shape index (κ2) is 5.79. The number of carboxylic acids is 1. The Kier molecular flexibility index (Phi) is 4.67. The Morgan fingerprint density at radius 3 is 2.55 bits per heavy atom. The maximum atomic E-state index is 11.3. The molecule has 3 atom stereocenters. The van der Waals surface area contributed by atoms with Gasteiger partial charge in [0.05, 0.1) is 12.0 Å². The van der Waals surface area contributed by atoms with Gasteiger partial charge in [0.25, 0.3) is 0 Å². The molecule has 1 N–H and O–H groups in total. The van der Waals surface area contributed by atoms with Crippen LogP contribution in [-0.2, 0) is 9.22 Å². The van der Waals surface area contributed by atoms with Gasteiger partial charge in [0.2, 0.25) is 0 Å². The van der Waals surface area contributed by atoms with Gasteiger partial charge >= 0.3 is 5.97 Å². The van der Waals surface area contributed by atoms with Gasteiger partial charge in [0, 0.05) is 5.41 Å². The molecular formula is C18H32O3Si. The third-order valence-corrected chi connectivity index (χ3v) is 10.8. The van der Waals surface area contributed by atoms with Crippen molar-refractivity contribution in [3.05, 3.63) is 11.6 Å². The Hall–Kier alpha value is -0.613. The van der Waals surface area contributed by atoms with Crippen molar-refractivity contribution in [3.63, 3.8) is 0 Å². The summed E-state index contributed by atoms with van der Waals surface area (Å²) in [5.41, 5.74) is 1.38. The molecule has 2 aliphatic rings. The number of rotatable bonds is 3. The predicted octanol–water partition coefficient (Wildman–Crippen LogP) is 4.99. The summed E-state index contributed by atoms with van der Waals surface area (Å²) in [6, 6.07) is 0. The highest BCUT2D eigenvalue weighted by Crippen LogP contribution is 2.51. The third kappa shape index (κ3) is 3.18. The minimum Gasteiger partial charge on any atom is -0.481 e. The Morgan fingerprint density at radius 2 is 2.00 bits per heavy atom. The van der Waals surface area contributed by atoms with Crippen molar-refractivity contribution >= 4 is 14.3 Å². The summed E-state index contributed by atoms with van der Waals surface area (Å²) >= 11 is 0. The van der Waals surface area contributed by atoms with E-state index in [-0.39, 0.29) is 22.5 Å². The zero-order chi connectivity index (χ0) is 16.8. The van der Waals surface area contributed by atoms with E-state index < -0.39 is 14.3 Å². The fourth-order valence-electron chi connectivity index (χ4n) is 3.58. The third-order valence-electron chi connectivity index (χ3n) is 6.29. The molecule has 1 saturated carbocycles. The second-order valence-corrected chi connectivity index (χ2v) is 13.6. The van der Waals surface area contributed by atoms with E-state index in [2.05, 4.69) is 40.8 Å². The zero-order valence-electron chi connectivity index (χ0n) is 15.0. The summed E-state index contributed by atoms with van der Waals surface area (Å²) < 4.78 is 6.76. The molecule has 0 radical (unpaired) electrons. The average Bonchev–Trinajstić information content (AvgIpc) is 2.37. The van der Waals surface area contributed by atoms with Crippen LogP contribution in [0.4, 0.5) is 0 Å². The van der Waals surface area contributed by atoms with Crippen LogP contribution >= 0.6 is 0 Å². The van der Waals surface area contributed by atoms with E-state index in [1.807, 2.05) is 6.08 Å². The Labute approximate surface area is 136 Å². The number of fused-ring (bicyclic) bond motifs is 1. The topological polar surface area (TPSA) is 46.5 Å². The Bertz CT molecular complexity index is 475. The predicted molar refractivity (Wildman–Crippen MR) is 92.5 cm³/mol. The van der Waals surface area contributed by atoms with Crippen molar-refractivity contribution < 1.29 is 14.3 Å². The van der Waals surface area contributed by atoms with Crippen LogP contribution in [0.15, 0.2) is 11.6 Å². The van der Waals surface area contributed by atoms with Crippen molar-refractivity contribution in [3.8, 4) is 0 Å². The van der Waals surface area contributed by atoms with Gasteiger partial charge < -0.3 is 9.53 Å². The smallest absolute Gasteiger partial charge is 0.310 e. The average molecular weight is 325 g/mol. The summed E-state index contributed by atoms with van der Waals surface area (Å²) in [5.74, 6) is -0.975. The molecule has 0 aromatic carbocycles. The van der Waals surface area contributed by atoms with E-state index in [1.165, 1.54) is 5.57 Å². The molecule has 1 fully saturated rings. The van der Waals surface area contributed by atoms with E-state index in [1.54, 1.807) is 0 Å². The van der Waals surface area contributed by atoms with Gasteiger partial charge in [-0.3, -0.25) is 4.79 Å². The minimum atomic E-state index is -1.80. The first-order valence-corrected chi connectivity index (χ1v) is 11.5. The molecule has 22 heavy (non-hydrogen) atoms. The monoisotopic (exact) mass is 324 g/mol. The summed E-state index contributed by atoms with van der Waals surface area (Å²) in [6.07, 6.45) is 7.24. The SMILES string of the molecule is CC(C)(C)[Si](C)(C)O[C@H]1CCCC2=C[C@@H](C(=O)O)CC[C@@]21C. The molecule has 3 nitrogen and oxygen atoms in total. The molecule has 0 saturated heterocycles. The summed E-state index contributed by atoms with van der Waals surface area (Å²) in [4.78, 5) is 11.3. The molecule has 0 aliphatic heterocycles. The molecule has 0 bridgehead atoms. The van der Waals surface area contributed by atoms with Gasteiger partial charge in [-0.1, -0.05) is 39.3 Å². The van der Waals surface area contributed by atoms with E-state index in [4.69, 9.17) is 4.43 Å². The van der Waals surface area contributed by atoms with Crippen molar-refractivity contribution in [1.82, 2.24) is 0 Å². The van der Waals surface area contributed by atoms with Gasteiger partial charge in [-0.15, -0.1) is 0 Å². The molecule has 2 rings (SSSR count). The van der Waals surface area contributed by atoms with Crippen LogP contribution in [0.1, 0.15) is 59.8 Å². The first kappa shape index (κ1) is 17.7. The van der Waals surface area contributed by atoms with Crippen LogP contribution in [0.5, 0.6) is 0 Å². The molecule has 126 valence electrons. The fraction of sp³-hybridized carbons (Fsp3) is 0.833. The lowest BCUT2D eigenvalue weighted by Gasteiger charge is -2.51. The molecule has 2 aliphatic carbocycles. The van der Waals surface area contributed by atoms with Gasteiger partial charge in [0.15, 0.2) is 8.32 Å². The molecular weight excluding hydrogens is 292 g/mol. The first-order chi connectivity index (χ1) is 9.97. The molecule has 0 amide bonds. The van der Waals surface area contributed by atoms with E-state index >= 15 is 0 Å². The van der Waals surface area contributed by atoms with Gasteiger partial charge in [-0.2, -0.15) is 0 Å². The van der Waals surface area contributed by atoms with Crippen molar-refractivity contribution in [2.75, 3.05) is 0 Å². The Morgan fingerprint density at radius 1 is 1.36 bits per heavy atom. The first-order valence-electron chi connectivity index (χ1n) is 8.59. The maximum Gasteiger partial charge on any atom is 0.310 e. The van der Waals surface area contributed by atoms with Crippen LogP contribution in [-0.4, -0.2) is 25.5 Å². The van der Waals surface area contributed by atoms with Crippen LogP contribution in [0.2, 0.25) is 18.1 Å². The molecule has 4 heteroatoms. The maximum absolute atomic E-state index is 11.3. The quantitative estimate of drug-likeness (QED) is 0.588. The van der Waals surface area contributed by atoms with E-state index in [0.717, 1.165) is 32.1 Å². The second-order valence-electron chi connectivity index (χ2n) is 8.85. The molecule has 0 aromatic rings. The van der Waals surface area contributed by atoms with E-state index in [0.29, 0.717) is 0 Å². The zero-order valence-corrected chi connectivity index (χ0v) is 16.0. The summed E-state index contributed by atoms with van der Waals surface area (Å²) in [6.45, 7) is 13.8. The Balaban J connectivity index is 2.25. The normalized spacial score (nSPS) is 33.1. The lowest BCUT2D eigenvalue weighted by Crippen LogP contribution is -2.51. The highest BCUT2D eigenvalue weighted by Gasteiger charge is 2.48. The standard InChI is InChI=1S/C18H32O3Si/c1-17(2,3)22(5,6)21-15-9-7-8-14-12-13(16(19)20)10-11-18(14,15)4/h12-13,15H,7-11H2,1-6H3,(H,19,20)/t13-,15-,18-/m0/s1. The number of hydrogen-bond donors (Lipinski definition) is 1. The summed E-state index contributed by atoms with van der Waals surface area (Å²) in [5, 5.41) is 9.51. The van der Waals surface area contributed by atoms with Crippen LogP contribution < -0.4 is 0 Å². The number of hydrogen-bond acceptors (Lipinski definition) is 2. The van der Waals surface area contributed by atoms with E-state index in [9.17, 15) is 9.90 Å². The molecule has 0 spiro atoms. The summed E-state index contributed by atoms with van der Waals surface area (Å²) in [7, 11) is -1.80.